The molecule has 0 spiro atoms. The van der Waals surface area contributed by atoms with Crippen LogP contribution in [0.15, 0.2) is 71.6 Å². The van der Waals surface area contributed by atoms with Crippen molar-refractivity contribution in [3.8, 4) is 17.2 Å². The van der Waals surface area contributed by atoms with Gasteiger partial charge in [-0.1, -0.05) is 23.7 Å². The highest BCUT2D eigenvalue weighted by molar-refractivity contribution is 7.92. The third-order valence-corrected chi connectivity index (χ3v) is 7.36. The molecule has 0 saturated heterocycles. The summed E-state index contributed by atoms with van der Waals surface area (Å²) in [5, 5.41) is 3.29. The van der Waals surface area contributed by atoms with Gasteiger partial charge in [0.15, 0.2) is 11.5 Å². The van der Waals surface area contributed by atoms with Crippen molar-refractivity contribution in [1.29, 1.82) is 0 Å². The Morgan fingerprint density at radius 2 is 1.54 bits per heavy atom. The topological polar surface area (TPSA) is 94.2 Å². The smallest absolute Gasteiger partial charge is 0.264 e. The van der Waals surface area contributed by atoms with Gasteiger partial charge in [-0.05, 0) is 61.0 Å². The van der Waals surface area contributed by atoms with Crippen molar-refractivity contribution < 1.29 is 27.4 Å². The lowest BCUT2D eigenvalue weighted by molar-refractivity contribution is -0.120. The number of methoxy groups -OCH3 is 3. The molecule has 1 atom stereocenters. The fourth-order valence-corrected chi connectivity index (χ4v) is 4.98. The van der Waals surface area contributed by atoms with E-state index in [1.54, 1.807) is 43.5 Å². The molecule has 0 aliphatic rings. The Labute approximate surface area is 210 Å². The third-order valence-electron chi connectivity index (χ3n) is 5.34. The molecule has 186 valence electrons. The number of hydrogen-bond donors (Lipinski definition) is 1. The highest BCUT2D eigenvalue weighted by Crippen LogP contribution is 2.32. The van der Waals surface area contributed by atoms with Gasteiger partial charge < -0.3 is 19.5 Å². The lowest BCUT2D eigenvalue weighted by atomic mass is 10.1. The first-order chi connectivity index (χ1) is 16.7. The predicted molar refractivity (Wildman–Crippen MR) is 135 cm³/mol. The van der Waals surface area contributed by atoms with Gasteiger partial charge in [-0.15, -0.1) is 0 Å². The summed E-state index contributed by atoms with van der Waals surface area (Å²) < 4.78 is 44.0. The molecule has 0 radical (unpaired) electrons. The number of carbonyl (C=O) groups is 1. The van der Waals surface area contributed by atoms with Crippen LogP contribution in [0.4, 0.5) is 5.69 Å². The first-order valence-corrected chi connectivity index (χ1v) is 12.4. The minimum atomic E-state index is -4.15. The Hall–Kier alpha value is -3.43. The molecule has 0 fully saturated rings. The summed E-state index contributed by atoms with van der Waals surface area (Å²) >= 11 is 6.00. The molecule has 3 rings (SSSR count). The summed E-state index contributed by atoms with van der Waals surface area (Å²) in [6, 6.07) is 17.4. The quantitative estimate of drug-likeness (QED) is 0.426. The number of nitrogens with one attached hydrogen (secondary N) is 1. The Bertz CT molecular complexity index is 1260. The maximum absolute atomic E-state index is 13.6. The van der Waals surface area contributed by atoms with E-state index in [-0.39, 0.29) is 22.4 Å². The lowest BCUT2D eigenvalue weighted by Crippen LogP contribution is -2.41. The molecule has 0 aliphatic heterocycles. The fraction of sp³-hybridized carbons (Fsp3) is 0.240. The molecule has 1 amide bonds. The van der Waals surface area contributed by atoms with Crippen molar-refractivity contribution in [3.63, 3.8) is 0 Å². The van der Waals surface area contributed by atoms with Crippen LogP contribution in [0.3, 0.4) is 0 Å². The van der Waals surface area contributed by atoms with Gasteiger partial charge >= 0.3 is 0 Å². The van der Waals surface area contributed by atoms with Crippen molar-refractivity contribution in [3.05, 3.63) is 77.3 Å². The number of carbonyl (C=O) groups excluding carboxylic acids is 1. The summed E-state index contributed by atoms with van der Waals surface area (Å²) in [5.74, 6) is 0.854. The van der Waals surface area contributed by atoms with Gasteiger partial charge in [-0.25, -0.2) is 8.42 Å². The zero-order chi connectivity index (χ0) is 25.6. The number of amides is 1. The van der Waals surface area contributed by atoms with Crippen molar-refractivity contribution in [2.24, 2.45) is 0 Å². The Morgan fingerprint density at radius 1 is 0.914 bits per heavy atom. The first kappa shape index (κ1) is 26.2. The molecule has 10 heteroatoms. The number of anilines is 1. The van der Waals surface area contributed by atoms with Crippen LogP contribution in [0.25, 0.3) is 0 Å². The molecule has 0 saturated carbocycles. The molecule has 35 heavy (non-hydrogen) atoms. The van der Waals surface area contributed by atoms with Gasteiger partial charge in [0.05, 0.1) is 38.0 Å². The first-order valence-electron chi connectivity index (χ1n) is 10.6. The number of sulfonamides is 1. The maximum Gasteiger partial charge on any atom is 0.264 e. The normalized spacial score (nSPS) is 11.9. The van der Waals surface area contributed by atoms with Crippen LogP contribution >= 0.6 is 11.6 Å². The van der Waals surface area contributed by atoms with E-state index in [0.29, 0.717) is 16.5 Å². The Morgan fingerprint density at radius 3 is 2.11 bits per heavy atom. The molecule has 1 N–H and O–H groups in total. The Balaban J connectivity index is 1.91. The van der Waals surface area contributed by atoms with E-state index >= 15 is 0 Å². The highest BCUT2D eigenvalue weighted by Gasteiger charge is 2.29. The molecule has 0 bridgehead atoms. The fourth-order valence-electron chi connectivity index (χ4n) is 3.42. The summed E-state index contributed by atoms with van der Waals surface area (Å²) in [6.07, 6.45) is 0. The third kappa shape index (κ3) is 6.17. The van der Waals surface area contributed by atoms with Gasteiger partial charge in [0.2, 0.25) is 5.91 Å². The van der Waals surface area contributed by atoms with E-state index < -0.39 is 22.5 Å². The van der Waals surface area contributed by atoms with E-state index in [0.717, 1.165) is 9.87 Å². The minimum Gasteiger partial charge on any atom is -0.497 e. The highest BCUT2D eigenvalue weighted by atomic mass is 35.5. The number of benzene rings is 3. The molecule has 0 aliphatic carbocycles. The molecule has 3 aromatic carbocycles. The molecule has 0 aromatic heterocycles. The van der Waals surface area contributed by atoms with Crippen LogP contribution < -0.4 is 23.8 Å². The summed E-state index contributed by atoms with van der Waals surface area (Å²) in [6.45, 7) is 1.37. The molecular formula is C25H27ClN2O6S. The zero-order valence-electron chi connectivity index (χ0n) is 19.8. The average molecular weight is 519 g/mol. The second-order valence-electron chi connectivity index (χ2n) is 7.57. The summed E-state index contributed by atoms with van der Waals surface area (Å²) in [5.41, 5.74) is 1.14. The zero-order valence-corrected chi connectivity index (χ0v) is 21.4. The van der Waals surface area contributed by atoms with Crippen LogP contribution in [0, 0.1) is 0 Å². The standard InChI is InChI=1S/C25H27ClN2O6S/c1-17(18-5-11-21(32-2)12-6-18)27-25(29)16-28(20-9-7-19(26)8-10-20)35(30,31)22-13-14-23(33-3)24(15-22)34-4/h5-15,17H,16H2,1-4H3,(H,27,29)/t17-/m0/s1. The number of rotatable bonds is 10. The summed E-state index contributed by atoms with van der Waals surface area (Å²) in [4.78, 5) is 12.9. The number of halogens is 1. The van der Waals surface area contributed by atoms with Gasteiger partial charge in [0.1, 0.15) is 12.3 Å². The van der Waals surface area contributed by atoms with Gasteiger partial charge in [0, 0.05) is 11.1 Å². The van der Waals surface area contributed by atoms with Crippen LogP contribution in [-0.4, -0.2) is 42.2 Å². The van der Waals surface area contributed by atoms with E-state index in [9.17, 15) is 13.2 Å². The minimum absolute atomic E-state index is 0.0545. The SMILES string of the molecule is COc1ccc([C@H](C)NC(=O)CN(c2ccc(Cl)cc2)S(=O)(=O)c2ccc(OC)c(OC)c2)cc1. The van der Waals surface area contributed by atoms with Crippen molar-refractivity contribution in [2.45, 2.75) is 17.9 Å². The molecular weight excluding hydrogens is 492 g/mol. The number of hydrogen-bond acceptors (Lipinski definition) is 6. The van der Waals surface area contributed by atoms with Crippen molar-refractivity contribution in [1.82, 2.24) is 5.32 Å². The Kier molecular flexibility index (Phi) is 8.48. The van der Waals surface area contributed by atoms with Crippen LogP contribution in [0.2, 0.25) is 5.02 Å². The van der Waals surface area contributed by atoms with E-state index in [4.69, 9.17) is 25.8 Å². The van der Waals surface area contributed by atoms with Crippen LogP contribution in [0.1, 0.15) is 18.5 Å². The van der Waals surface area contributed by atoms with Crippen LogP contribution in [0.5, 0.6) is 17.2 Å². The van der Waals surface area contributed by atoms with Gasteiger partial charge in [0.25, 0.3) is 10.0 Å². The predicted octanol–water partition coefficient (Wildman–Crippen LogP) is 4.44. The van der Waals surface area contributed by atoms with Crippen molar-refractivity contribution in [2.75, 3.05) is 32.2 Å². The van der Waals surface area contributed by atoms with E-state index in [1.807, 2.05) is 19.1 Å². The van der Waals surface area contributed by atoms with E-state index in [2.05, 4.69) is 5.32 Å². The lowest BCUT2D eigenvalue weighted by Gasteiger charge is -2.25. The summed E-state index contributed by atoms with van der Waals surface area (Å²) in [7, 11) is 0.297. The van der Waals surface area contributed by atoms with E-state index in [1.165, 1.54) is 32.4 Å². The van der Waals surface area contributed by atoms with Gasteiger partial charge in [-0.3, -0.25) is 9.10 Å². The molecule has 0 heterocycles. The monoisotopic (exact) mass is 518 g/mol. The molecule has 0 unspecified atom stereocenters. The molecule has 3 aromatic rings. The number of nitrogens with zero attached hydrogens (tertiary/aromatic N) is 1. The second-order valence-corrected chi connectivity index (χ2v) is 9.87. The maximum atomic E-state index is 13.6. The second kappa shape index (κ2) is 11.3. The average Bonchev–Trinajstić information content (AvgIpc) is 2.87. The van der Waals surface area contributed by atoms with Crippen molar-refractivity contribution >= 4 is 33.2 Å². The molecule has 8 nitrogen and oxygen atoms in total. The number of ether oxygens (including phenoxy) is 3. The van der Waals surface area contributed by atoms with Crippen LogP contribution in [-0.2, 0) is 14.8 Å². The van der Waals surface area contributed by atoms with Gasteiger partial charge in [-0.2, -0.15) is 0 Å². The largest absolute Gasteiger partial charge is 0.497 e.